The van der Waals surface area contributed by atoms with Crippen molar-refractivity contribution in [3.63, 3.8) is 0 Å². The minimum Gasteiger partial charge on any atom is -0.338 e. The second-order valence-corrected chi connectivity index (χ2v) is 6.85. The Labute approximate surface area is 148 Å². The molecule has 0 aliphatic carbocycles. The summed E-state index contributed by atoms with van der Waals surface area (Å²) in [6, 6.07) is 15.4. The SMILES string of the molecule is C[C@H](Cc1ccc(F)cc1)NCc1ccc(CN2CCCC2=O)cc1. The summed E-state index contributed by atoms with van der Waals surface area (Å²) in [6.07, 6.45) is 2.54. The number of halogens is 1. The van der Waals surface area contributed by atoms with Gasteiger partial charge in [-0.05, 0) is 48.6 Å². The molecule has 3 rings (SSSR count). The molecule has 1 saturated heterocycles. The van der Waals surface area contributed by atoms with Crippen LogP contribution in [0.2, 0.25) is 0 Å². The van der Waals surface area contributed by atoms with Crippen molar-refractivity contribution in [1.82, 2.24) is 10.2 Å². The molecule has 0 aromatic heterocycles. The van der Waals surface area contributed by atoms with Gasteiger partial charge in [0.15, 0.2) is 0 Å². The predicted octanol–water partition coefficient (Wildman–Crippen LogP) is 3.67. The maximum absolute atomic E-state index is 12.9. The molecule has 3 nitrogen and oxygen atoms in total. The Morgan fingerprint density at radius 3 is 2.32 bits per heavy atom. The number of nitrogens with one attached hydrogen (secondary N) is 1. The summed E-state index contributed by atoms with van der Waals surface area (Å²) in [5.74, 6) is 0.0699. The fraction of sp³-hybridized carbons (Fsp3) is 0.381. The first-order valence-corrected chi connectivity index (χ1v) is 8.93. The molecule has 1 aliphatic rings. The van der Waals surface area contributed by atoms with Gasteiger partial charge in [-0.25, -0.2) is 4.39 Å². The van der Waals surface area contributed by atoms with Gasteiger partial charge < -0.3 is 10.2 Å². The van der Waals surface area contributed by atoms with Crippen LogP contribution in [-0.2, 0) is 24.3 Å². The van der Waals surface area contributed by atoms with Crippen LogP contribution >= 0.6 is 0 Å². The van der Waals surface area contributed by atoms with E-state index in [1.54, 1.807) is 0 Å². The highest BCUT2D eigenvalue weighted by atomic mass is 19.1. The zero-order valence-corrected chi connectivity index (χ0v) is 14.7. The van der Waals surface area contributed by atoms with E-state index in [9.17, 15) is 9.18 Å². The first-order valence-electron chi connectivity index (χ1n) is 8.93. The molecule has 1 aliphatic heterocycles. The molecule has 1 atom stereocenters. The number of rotatable bonds is 7. The third kappa shape index (κ3) is 5.13. The molecule has 4 heteroatoms. The number of carbonyl (C=O) groups is 1. The lowest BCUT2D eigenvalue weighted by atomic mass is 10.1. The number of amides is 1. The molecule has 0 unspecified atom stereocenters. The molecule has 2 aromatic rings. The highest BCUT2D eigenvalue weighted by molar-refractivity contribution is 5.78. The van der Waals surface area contributed by atoms with Gasteiger partial charge in [0.1, 0.15) is 5.82 Å². The Bertz CT molecular complexity index is 697. The van der Waals surface area contributed by atoms with Crippen LogP contribution in [-0.4, -0.2) is 23.4 Å². The van der Waals surface area contributed by atoms with Crippen LogP contribution in [0.25, 0.3) is 0 Å². The molecule has 1 amide bonds. The topological polar surface area (TPSA) is 32.3 Å². The Hall–Kier alpha value is -2.20. The summed E-state index contributed by atoms with van der Waals surface area (Å²) in [5.41, 5.74) is 3.54. The van der Waals surface area contributed by atoms with E-state index in [-0.39, 0.29) is 11.7 Å². The minimum atomic E-state index is -0.194. The lowest BCUT2D eigenvalue weighted by Crippen LogP contribution is -2.27. The quantitative estimate of drug-likeness (QED) is 0.834. The average molecular weight is 340 g/mol. The lowest BCUT2D eigenvalue weighted by Gasteiger charge is -2.16. The van der Waals surface area contributed by atoms with Gasteiger partial charge in [-0.1, -0.05) is 36.4 Å². The van der Waals surface area contributed by atoms with Crippen molar-refractivity contribution in [1.29, 1.82) is 0 Å². The molecule has 0 saturated carbocycles. The van der Waals surface area contributed by atoms with Gasteiger partial charge in [-0.3, -0.25) is 4.79 Å². The van der Waals surface area contributed by atoms with Crippen molar-refractivity contribution in [3.05, 3.63) is 71.0 Å². The van der Waals surface area contributed by atoms with E-state index in [0.717, 1.165) is 31.5 Å². The van der Waals surface area contributed by atoms with Crippen molar-refractivity contribution in [2.75, 3.05) is 6.54 Å². The second-order valence-electron chi connectivity index (χ2n) is 6.85. The average Bonchev–Trinajstić information content (AvgIpc) is 3.01. The molecule has 2 aromatic carbocycles. The Morgan fingerprint density at radius 1 is 1.04 bits per heavy atom. The highest BCUT2D eigenvalue weighted by Crippen LogP contribution is 2.15. The van der Waals surface area contributed by atoms with Gasteiger partial charge >= 0.3 is 0 Å². The zero-order chi connectivity index (χ0) is 17.6. The second kappa shape index (κ2) is 8.26. The third-order valence-electron chi connectivity index (χ3n) is 4.68. The predicted molar refractivity (Wildman–Crippen MR) is 97.5 cm³/mol. The van der Waals surface area contributed by atoms with E-state index in [0.29, 0.717) is 19.0 Å². The summed E-state index contributed by atoms with van der Waals surface area (Å²) in [7, 11) is 0. The number of likely N-dealkylation sites (tertiary alicyclic amines) is 1. The molecule has 132 valence electrons. The normalized spacial score (nSPS) is 15.6. The fourth-order valence-corrected chi connectivity index (χ4v) is 3.19. The Balaban J connectivity index is 1.46. The van der Waals surface area contributed by atoms with Crippen LogP contribution in [0.5, 0.6) is 0 Å². The molecule has 0 spiro atoms. The molecule has 1 heterocycles. The van der Waals surface area contributed by atoms with Crippen LogP contribution in [0.1, 0.15) is 36.5 Å². The number of hydrogen-bond acceptors (Lipinski definition) is 2. The summed E-state index contributed by atoms with van der Waals surface area (Å²) in [6.45, 7) is 4.53. The first-order chi connectivity index (χ1) is 12.1. The van der Waals surface area contributed by atoms with Crippen molar-refractivity contribution < 1.29 is 9.18 Å². The maximum atomic E-state index is 12.9. The van der Waals surface area contributed by atoms with E-state index in [1.165, 1.54) is 23.3 Å². The third-order valence-corrected chi connectivity index (χ3v) is 4.68. The largest absolute Gasteiger partial charge is 0.338 e. The summed E-state index contributed by atoms with van der Waals surface area (Å²) >= 11 is 0. The van der Waals surface area contributed by atoms with E-state index in [2.05, 4.69) is 36.5 Å². The van der Waals surface area contributed by atoms with Gasteiger partial charge in [-0.15, -0.1) is 0 Å². The zero-order valence-electron chi connectivity index (χ0n) is 14.7. The van der Waals surface area contributed by atoms with E-state index >= 15 is 0 Å². The Kier molecular flexibility index (Phi) is 5.82. The monoisotopic (exact) mass is 340 g/mol. The maximum Gasteiger partial charge on any atom is 0.222 e. The smallest absolute Gasteiger partial charge is 0.222 e. The fourth-order valence-electron chi connectivity index (χ4n) is 3.19. The summed E-state index contributed by atoms with van der Waals surface area (Å²) in [5, 5.41) is 3.50. The van der Waals surface area contributed by atoms with Gasteiger partial charge in [-0.2, -0.15) is 0 Å². The number of benzene rings is 2. The van der Waals surface area contributed by atoms with Crippen LogP contribution in [0.3, 0.4) is 0 Å². The van der Waals surface area contributed by atoms with Crippen molar-refractivity contribution in [2.24, 2.45) is 0 Å². The van der Waals surface area contributed by atoms with Crippen LogP contribution < -0.4 is 5.32 Å². The van der Waals surface area contributed by atoms with E-state index < -0.39 is 0 Å². The van der Waals surface area contributed by atoms with Crippen molar-refractivity contribution in [2.45, 2.75) is 45.3 Å². The molecule has 1 N–H and O–H groups in total. The molecule has 1 fully saturated rings. The standard InChI is InChI=1S/C21H25FN2O/c1-16(13-17-8-10-20(22)11-9-17)23-14-18-4-6-19(7-5-18)15-24-12-2-3-21(24)25/h4-11,16,23H,2-3,12-15H2,1H3/t16-/m1/s1. The summed E-state index contributed by atoms with van der Waals surface area (Å²) in [4.78, 5) is 13.6. The van der Waals surface area contributed by atoms with Gasteiger partial charge in [0.2, 0.25) is 5.91 Å². The lowest BCUT2D eigenvalue weighted by molar-refractivity contribution is -0.128. The molecule has 0 radical (unpaired) electrons. The van der Waals surface area contributed by atoms with E-state index in [1.807, 2.05) is 17.0 Å². The molecule has 25 heavy (non-hydrogen) atoms. The first kappa shape index (κ1) is 17.6. The molecular weight excluding hydrogens is 315 g/mol. The molecular formula is C21H25FN2O. The van der Waals surface area contributed by atoms with Crippen molar-refractivity contribution >= 4 is 5.91 Å². The van der Waals surface area contributed by atoms with Crippen LogP contribution in [0.4, 0.5) is 4.39 Å². The highest BCUT2D eigenvalue weighted by Gasteiger charge is 2.19. The number of nitrogens with zero attached hydrogens (tertiary/aromatic N) is 1. The van der Waals surface area contributed by atoms with Gasteiger partial charge in [0.05, 0.1) is 0 Å². The van der Waals surface area contributed by atoms with E-state index in [4.69, 9.17) is 0 Å². The van der Waals surface area contributed by atoms with Crippen LogP contribution in [0.15, 0.2) is 48.5 Å². The number of hydrogen-bond donors (Lipinski definition) is 1. The van der Waals surface area contributed by atoms with Crippen molar-refractivity contribution in [3.8, 4) is 0 Å². The van der Waals surface area contributed by atoms with Crippen LogP contribution in [0, 0.1) is 5.82 Å². The minimum absolute atomic E-state index is 0.194. The molecule has 0 bridgehead atoms. The number of carbonyl (C=O) groups excluding carboxylic acids is 1. The summed E-state index contributed by atoms with van der Waals surface area (Å²) < 4.78 is 12.9. The Morgan fingerprint density at radius 2 is 1.68 bits per heavy atom. The van der Waals surface area contributed by atoms with Gasteiger partial charge in [0, 0.05) is 32.1 Å². The van der Waals surface area contributed by atoms with Gasteiger partial charge in [0.25, 0.3) is 0 Å².